The van der Waals surface area contributed by atoms with Crippen LogP contribution in [0.1, 0.15) is 13.8 Å². The van der Waals surface area contributed by atoms with Crippen molar-refractivity contribution in [3.63, 3.8) is 0 Å². The standard InChI is InChI=1S/C10H12F2O2/c1-6(13)7(2)14-10-4-3-8(11)5-9(10)12/h3-7,13H,1-2H3. The third-order valence-corrected chi connectivity index (χ3v) is 1.89. The fourth-order valence-corrected chi connectivity index (χ4v) is 0.870. The van der Waals surface area contributed by atoms with Gasteiger partial charge in [-0.3, -0.25) is 0 Å². The van der Waals surface area contributed by atoms with Crippen molar-refractivity contribution in [2.75, 3.05) is 0 Å². The summed E-state index contributed by atoms with van der Waals surface area (Å²) >= 11 is 0. The molecule has 0 radical (unpaired) electrons. The van der Waals surface area contributed by atoms with E-state index >= 15 is 0 Å². The molecule has 78 valence electrons. The van der Waals surface area contributed by atoms with Gasteiger partial charge in [0.05, 0.1) is 6.10 Å². The quantitative estimate of drug-likeness (QED) is 0.813. The van der Waals surface area contributed by atoms with E-state index < -0.39 is 23.8 Å². The average Bonchev–Trinajstić information content (AvgIpc) is 2.09. The molecule has 1 N–H and O–H groups in total. The second-order valence-corrected chi connectivity index (χ2v) is 3.14. The lowest BCUT2D eigenvalue weighted by Crippen LogP contribution is -2.25. The predicted molar refractivity (Wildman–Crippen MR) is 48.1 cm³/mol. The first-order valence-electron chi connectivity index (χ1n) is 4.30. The number of aliphatic hydroxyl groups excluding tert-OH is 1. The lowest BCUT2D eigenvalue weighted by Gasteiger charge is -2.17. The van der Waals surface area contributed by atoms with E-state index in [9.17, 15) is 8.78 Å². The summed E-state index contributed by atoms with van der Waals surface area (Å²) in [5.41, 5.74) is 0. The highest BCUT2D eigenvalue weighted by atomic mass is 19.1. The number of hydrogen-bond acceptors (Lipinski definition) is 2. The number of hydrogen-bond donors (Lipinski definition) is 1. The fourth-order valence-electron chi connectivity index (χ4n) is 0.870. The maximum atomic E-state index is 13.0. The minimum absolute atomic E-state index is 0.0557. The van der Waals surface area contributed by atoms with Crippen LogP contribution >= 0.6 is 0 Å². The van der Waals surface area contributed by atoms with E-state index in [1.54, 1.807) is 6.92 Å². The third-order valence-electron chi connectivity index (χ3n) is 1.89. The van der Waals surface area contributed by atoms with E-state index in [1.807, 2.05) is 0 Å². The monoisotopic (exact) mass is 202 g/mol. The van der Waals surface area contributed by atoms with Crippen LogP contribution in [-0.4, -0.2) is 17.3 Å². The SMILES string of the molecule is CC(O)C(C)Oc1ccc(F)cc1F. The summed E-state index contributed by atoms with van der Waals surface area (Å²) in [7, 11) is 0. The lowest BCUT2D eigenvalue weighted by molar-refractivity contribution is 0.0578. The zero-order chi connectivity index (χ0) is 10.7. The van der Waals surface area contributed by atoms with E-state index in [4.69, 9.17) is 9.84 Å². The Morgan fingerprint density at radius 3 is 2.43 bits per heavy atom. The maximum absolute atomic E-state index is 13.0. The van der Waals surface area contributed by atoms with Crippen molar-refractivity contribution in [2.24, 2.45) is 0 Å². The first-order chi connectivity index (χ1) is 6.50. The molecule has 0 aliphatic carbocycles. The molecule has 1 aromatic rings. The highest BCUT2D eigenvalue weighted by Gasteiger charge is 2.13. The number of benzene rings is 1. The Labute approximate surface area is 81.1 Å². The molecule has 1 aromatic carbocycles. The molecular weight excluding hydrogens is 190 g/mol. The van der Waals surface area contributed by atoms with Crippen molar-refractivity contribution in [3.05, 3.63) is 29.8 Å². The Balaban J connectivity index is 2.77. The second-order valence-electron chi connectivity index (χ2n) is 3.14. The van der Waals surface area contributed by atoms with Crippen LogP contribution in [0.25, 0.3) is 0 Å². The van der Waals surface area contributed by atoms with Gasteiger partial charge in [-0.1, -0.05) is 0 Å². The van der Waals surface area contributed by atoms with Gasteiger partial charge in [0.2, 0.25) is 0 Å². The minimum Gasteiger partial charge on any atom is -0.485 e. The van der Waals surface area contributed by atoms with Gasteiger partial charge in [-0.2, -0.15) is 0 Å². The minimum atomic E-state index is -0.766. The predicted octanol–water partition coefficient (Wildman–Crippen LogP) is 2.11. The van der Waals surface area contributed by atoms with Gasteiger partial charge in [-0.05, 0) is 26.0 Å². The Morgan fingerprint density at radius 2 is 1.93 bits per heavy atom. The van der Waals surface area contributed by atoms with Crippen LogP contribution in [0.4, 0.5) is 8.78 Å². The topological polar surface area (TPSA) is 29.5 Å². The van der Waals surface area contributed by atoms with Crippen LogP contribution in [0.5, 0.6) is 5.75 Å². The highest BCUT2D eigenvalue weighted by Crippen LogP contribution is 2.19. The summed E-state index contributed by atoms with van der Waals surface area (Å²) in [5, 5.41) is 9.11. The van der Waals surface area contributed by atoms with Crippen molar-refractivity contribution >= 4 is 0 Å². The molecule has 14 heavy (non-hydrogen) atoms. The van der Waals surface area contributed by atoms with E-state index in [1.165, 1.54) is 13.0 Å². The van der Waals surface area contributed by atoms with Gasteiger partial charge in [-0.25, -0.2) is 8.78 Å². The molecule has 2 unspecified atom stereocenters. The fraction of sp³-hybridized carbons (Fsp3) is 0.400. The average molecular weight is 202 g/mol. The Morgan fingerprint density at radius 1 is 1.29 bits per heavy atom. The van der Waals surface area contributed by atoms with Gasteiger partial charge in [-0.15, -0.1) is 0 Å². The Bertz CT molecular complexity index is 313. The van der Waals surface area contributed by atoms with Crippen molar-refractivity contribution in [1.82, 2.24) is 0 Å². The van der Waals surface area contributed by atoms with E-state index in [0.29, 0.717) is 0 Å². The zero-order valence-electron chi connectivity index (χ0n) is 8.00. The normalized spacial score (nSPS) is 14.9. The summed E-state index contributed by atoms with van der Waals surface area (Å²) in [6.45, 7) is 3.14. The van der Waals surface area contributed by atoms with Crippen molar-refractivity contribution < 1.29 is 18.6 Å². The molecule has 0 fully saturated rings. The van der Waals surface area contributed by atoms with Crippen LogP contribution in [0.2, 0.25) is 0 Å². The molecule has 0 aliphatic rings. The summed E-state index contributed by atoms with van der Waals surface area (Å²) in [4.78, 5) is 0. The van der Waals surface area contributed by atoms with Crippen molar-refractivity contribution in [1.29, 1.82) is 0 Å². The summed E-state index contributed by atoms with van der Waals surface area (Å²) in [6, 6.07) is 3.04. The van der Waals surface area contributed by atoms with Crippen LogP contribution < -0.4 is 4.74 Å². The highest BCUT2D eigenvalue weighted by molar-refractivity contribution is 5.24. The number of halogens is 2. The van der Waals surface area contributed by atoms with Gasteiger partial charge < -0.3 is 9.84 Å². The van der Waals surface area contributed by atoms with Gasteiger partial charge in [0, 0.05) is 6.07 Å². The molecule has 0 bridgehead atoms. The second kappa shape index (κ2) is 4.37. The number of ether oxygens (including phenoxy) is 1. The number of aliphatic hydroxyl groups is 1. The smallest absolute Gasteiger partial charge is 0.167 e. The van der Waals surface area contributed by atoms with Crippen molar-refractivity contribution in [3.8, 4) is 5.75 Å². The molecule has 0 amide bonds. The molecule has 0 saturated heterocycles. The molecule has 2 atom stereocenters. The van der Waals surface area contributed by atoms with Gasteiger partial charge in [0.25, 0.3) is 0 Å². The number of rotatable bonds is 3. The van der Waals surface area contributed by atoms with Crippen LogP contribution in [0, 0.1) is 11.6 Å². The molecule has 1 rings (SSSR count). The molecule has 0 aliphatic heterocycles. The van der Waals surface area contributed by atoms with E-state index in [2.05, 4.69) is 0 Å². The first kappa shape index (κ1) is 10.9. The van der Waals surface area contributed by atoms with E-state index in [-0.39, 0.29) is 5.75 Å². The summed E-state index contributed by atoms with van der Waals surface area (Å²) < 4.78 is 30.6. The maximum Gasteiger partial charge on any atom is 0.167 e. The summed E-state index contributed by atoms with van der Waals surface area (Å²) in [5.74, 6) is -1.48. The Kier molecular flexibility index (Phi) is 3.41. The zero-order valence-corrected chi connectivity index (χ0v) is 8.00. The van der Waals surface area contributed by atoms with Gasteiger partial charge >= 0.3 is 0 Å². The third kappa shape index (κ3) is 2.67. The first-order valence-corrected chi connectivity index (χ1v) is 4.30. The molecule has 2 nitrogen and oxygen atoms in total. The van der Waals surface area contributed by atoms with Gasteiger partial charge in [0.1, 0.15) is 11.9 Å². The van der Waals surface area contributed by atoms with Crippen molar-refractivity contribution in [2.45, 2.75) is 26.1 Å². The molecule has 0 saturated carbocycles. The molecule has 0 spiro atoms. The van der Waals surface area contributed by atoms with Gasteiger partial charge in [0.15, 0.2) is 11.6 Å². The molecule has 4 heteroatoms. The molecule has 0 aromatic heterocycles. The summed E-state index contributed by atoms with van der Waals surface area (Å²) in [6.07, 6.45) is -1.24. The van der Waals surface area contributed by atoms with Crippen LogP contribution in [-0.2, 0) is 0 Å². The molecular formula is C10H12F2O2. The lowest BCUT2D eigenvalue weighted by atomic mass is 10.2. The van der Waals surface area contributed by atoms with Crippen LogP contribution in [0.3, 0.4) is 0 Å². The largest absolute Gasteiger partial charge is 0.485 e. The Hall–Kier alpha value is -1.16. The van der Waals surface area contributed by atoms with E-state index in [0.717, 1.165) is 12.1 Å². The molecule has 0 heterocycles. The van der Waals surface area contributed by atoms with Crippen LogP contribution in [0.15, 0.2) is 18.2 Å².